The molecule has 9 nitrogen and oxygen atoms in total. The molecule has 11 heteroatoms. The maximum Gasteiger partial charge on any atom is 0.414 e. The first-order valence-electron chi connectivity index (χ1n) is 7.51. The molecule has 0 radical (unpaired) electrons. The number of carbonyl (C=O) groups is 1. The summed E-state index contributed by atoms with van der Waals surface area (Å²) < 4.78 is 19.5. The molecule has 3 rings (SSSR count). The van der Waals surface area contributed by atoms with E-state index in [1.165, 1.54) is 22.3 Å². The quantitative estimate of drug-likeness (QED) is 0.388. The minimum atomic E-state index is -0.607. The first-order chi connectivity index (χ1) is 12.0. The highest BCUT2D eigenvalue weighted by Crippen LogP contribution is 2.28. The van der Waals surface area contributed by atoms with Gasteiger partial charge >= 0.3 is 6.09 Å². The molecule has 0 unspecified atom stereocenters. The number of anilines is 2. The molecule has 0 aliphatic carbocycles. The van der Waals surface area contributed by atoms with Gasteiger partial charge in [-0.25, -0.2) is 20.0 Å². The van der Waals surface area contributed by atoms with E-state index >= 15 is 0 Å². The molecule has 1 saturated heterocycles. The second-order valence-corrected chi connectivity index (χ2v) is 5.82. The summed E-state index contributed by atoms with van der Waals surface area (Å²) in [4.78, 5) is 14.7. The Morgan fingerprint density at radius 1 is 1.52 bits per heavy atom. The Kier molecular flexibility index (Phi) is 4.97. The van der Waals surface area contributed by atoms with Crippen molar-refractivity contribution in [3.8, 4) is 0 Å². The number of cyclic esters (lactones) is 1. The minimum Gasteiger partial charge on any atom is -0.441 e. The van der Waals surface area contributed by atoms with Gasteiger partial charge in [0.15, 0.2) is 0 Å². The number of thiocarbonyl (C=S) groups is 1. The number of aliphatic hydroxyl groups is 1. The molecular weight excluding hydrogens is 351 g/mol. The van der Waals surface area contributed by atoms with E-state index in [0.29, 0.717) is 24.5 Å². The van der Waals surface area contributed by atoms with E-state index in [-0.39, 0.29) is 18.3 Å². The van der Waals surface area contributed by atoms with Crippen molar-refractivity contribution in [1.82, 2.24) is 10.4 Å². The maximum absolute atomic E-state index is 14.5. The van der Waals surface area contributed by atoms with E-state index in [4.69, 9.17) is 27.9 Å². The van der Waals surface area contributed by atoms with Gasteiger partial charge in [-0.15, -0.1) is 0 Å². The standard InChI is InChI=1S/C14H17FN6O3S/c15-11-5-9(20-6-10(7-22)24-14(20)23)1-2-12(11)19-3-4-21(17-8-19)13(25)18-16/h1-2,5,8,10,22H,3-4,6-7,16H2,(H,18,25)/t10-/m1/s1. The predicted molar refractivity (Wildman–Crippen MR) is 93.6 cm³/mol. The average Bonchev–Trinajstić information content (AvgIpc) is 3.02. The topological polar surface area (TPSA) is 107 Å². The molecule has 1 fully saturated rings. The van der Waals surface area contributed by atoms with Gasteiger partial charge in [0, 0.05) is 6.54 Å². The van der Waals surface area contributed by atoms with E-state index in [1.54, 1.807) is 17.0 Å². The molecule has 134 valence electrons. The molecule has 2 aliphatic heterocycles. The van der Waals surface area contributed by atoms with E-state index in [1.807, 2.05) is 0 Å². The highest BCUT2D eigenvalue weighted by molar-refractivity contribution is 7.80. The predicted octanol–water partition coefficient (Wildman–Crippen LogP) is -0.0433. The van der Waals surface area contributed by atoms with E-state index in [9.17, 15) is 9.18 Å². The van der Waals surface area contributed by atoms with Gasteiger partial charge in [0.2, 0.25) is 5.11 Å². The summed E-state index contributed by atoms with van der Waals surface area (Å²) in [6.45, 7) is 0.804. The number of hydrogen-bond donors (Lipinski definition) is 3. The fourth-order valence-corrected chi connectivity index (χ4v) is 2.72. The van der Waals surface area contributed by atoms with Gasteiger partial charge < -0.3 is 14.7 Å². The second-order valence-electron chi connectivity index (χ2n) is 5.43. The van der Waals surface area contributed by atoms with Crippen molar-refractivity contribution in [1.29, 1.82) is 0 Å². The lowest BCUT2D eigenvalue weighted by Gasteiger charge is -2.30. The zero-order chi connectivity index (χ0) is 18.0. The largest absolute Gasteiger partial charge is 0.441 e. The average molecular weight is 368 g/mol. The first kappa shape index (κ1) is 17.3. The van der Waals surface area contributed by atoms with Gasteiger partial charge in [0.1, 0.15) is 18.3 Å². The van der Waals surface area contributed by atoms with Crippen molar-refractivity contribution in [2.75, 3.05) is 36.0 Å². The first-order valence-corrected chi connectivity index (χ1v) is 7.91. The van der Waals surface area contributed by atoms with Crippen LogP contribution in [0.15, 0.2) is 23.3 Å². The van der Waals surface area contributed by atoms with Gasteiger partial charge in [0.05, 0.1) is 31.1 Å². The molecule has 0 saturated carbocycles. The highest BCUT2D eigenvalue weighted by Gasteiger charge is 2.32. The van der Waals surface area contributed by atoms with Gasteiger partial charge in [-0.1, -0.05) is 0 Å². The molecule has 2 aliphatic rings. The monoisotopic (exact) mass is 368 g/mol. The number of hydrazine groups is 1. The zero-order valence-corrected chi connectivity index (χ0v) is 13.9. The molecule has 2 heterocycles. The summed E-state index contributed by atoms with van der Waals surface area (Å²) in [5.41, 5.74) is 3.03. The fraction of sp³-hybridized carbons (Fsp3) is 0.357. The summed E-state index contributed by atoms with van der Waals surface area (Å²) in [6, 6.07) is 4.43. The Bertz CT molecular complexity index is 718. The zero-order valence-electron chi connectivity index (χ0n) is 13.1. The molecule has 1 aromatic rings. The summed E-state index contributed by atoms with van der Waals surface area (Å²) >= 11 is 4.98. The summed E-state index contributed by atoms with van der Waals surface area (Å²) in [5.74, 6) is 4.74. The van der Waals surface area contributed by atoms with Crippen molar-refractivity contribution in [3.05, 3.63) is 24.0 Å². The molecule has 0 aromatic heterocycles. The van der Waals surface area contributed by atoms with Crippen LogP contribution >= 0.6 is 12.2 Å². The number of halogens is 1. The molecule has 0 bridgehead atoms. The number of amides is 1. The number of nitrogens with zero attached hydrogens (tertiary/aromatic N) is 4. The SMILES string of the molecule is NNC(=S)N1CCN(c2ccc(N3C[C@H](CO)OC3=O)cc2F)C=N1. The van der Waals surface area contributed by atoms with Crippen molar-refractivity contribution in [3.63, 3.8) is 0 Å². The van der Waals surface area contributed by atoms with E-state index in [2.05, 4.69) is 10.5 Å². The lowest BCUT2D eigenvalue weighted by atomic mass is 10.2. The molecule has 1 atom stereocenters. The molecule has 1 aromatic carbocycles. The van der Waals surface area contributed by atoms with Crippen LogP contribution in [0.3, 0.4) is 0 Å². The Hall–Kier alpha value is -2.50. The molecule has 0 spiro atoms. The summed E-state index contributed by atoms with van der Waals surface area (Å²) in [7, 11) is 0. The third-order valence-electron chi connectivity index (χ3n) is 3.87. The summed E-state index contributed by atoms with van der Waals surface area (Å²) in [6.07, 6.45) is 0.247. The number of carbonyl (C=O) groups excluding carboxylic acids is 1. The number of nitrogens with one attached hydrogen (secondary N) is 1. The second kappa shape index (κ2) is 7.17. The highest BCUT2D eigenvalue weighted by atomic mass is 32.1. The van der Waals surface area contributed by atoms with Crippen LogP contribution < -0.4 is 21.1 Å². The van der Waals surface area contributed by atoms with Crippen LogP contribution in [0.1, 0.15) is 0 Å². The van der Waals surface area contributed by atoms with Crippen LogP contribution in [-0.4, -0.2) is 60.0 Å². The van der Waals surface area contributed by atoms with Crippen molar-refractivity contribution in [2.45, 2.75) is 6.10 Å². The number of aliphatic hydroxyl groups excluding tert-OH is 1. The van der Waals surface area contributed by atoms with Gasteiger partial charge in [-0.2, -0.15) is 5.10 Å². The Balaban J connectivity index is 1.75. The molecule has 1 amide bonds. The lowest BCUT2D eigenvalue weighted by molar-refractivity contribution is 0.0963. The number of nitrogens with two attached hydrogens (primary N) is 1. The van der Waals surface area contributed by atoms with E-state index in [0.717, 1.165) is 0 Å². The van der Waals surface area contributed by atoms with Gasteiger partial charge in [0.25, 0.3) is 0 Å². The third kappa shape index (κ3) is 3.48. The smallest absolute Gasteiger partial charge is 0.414 e. The number of hydrogen-bond acceptors (Lipinski definition) is 7. The van der Waals surface area contributed by atoms with Crippen LogP contribution in [0, 0.1) is 5.82 Å². The van der Waals surface area contributed by atoms with Crippen LogP contribution in [0.25, 0.3) is 0 Å². The van der Waals surface area contributed by atoms with Crippen LogP contribution in [0.4, 0.5) is 20.6 Å². The molecule has 4 N–H and O–H groups in total. The third-order valence-corrected chi connectivity index (χ3v) is 4.20. The number of benzene rings is 1. The van der Waals surface area contributed by atoms with Crippen molar-refractivity contribution in [2.24, 2.45) is 10.9 Å². The number of ether oxygens (including phenoxy) is 1. The van der Waals surface area contributed by atoms with Crippen molar-refractivity contribution < 1.29 is 19.0 Å². The van der Waals surface area contributed by atoms with Crippen LogP contribution in [0.5, 0.6) is 0 Å². The lowest BCUT2D eigenvalue weighted by Crippen LogP contribution is -2.47. The fourth-order valence-electron chi connectivity index (χ4n) is 2.58. The van der Waals surface area contributed by atoms with Crippen LogP contribution in [0.2, 0.25) is 0 Å². The summed E-state index contributed by atoms with van der Waals surface area (Å²) in [5, 5.41) is 14.9. The van der Waals surface area contributed by atoms with Crippen LogP contribution in [-0.2, 0) is 4.74 Å². The Morgan fingerprint density at radius 3 is 2.88 bits per heavy atom. The van der Waals surface area contributed by atoms with Gasteiger partial charge in [-0.3, -0.25) is 10.3 Å². The molecule has 25 heavy (non-hydrogen) atoms. The number of hydrazone groups is 1. The Morgan fingerprint density at radius 2 is 2.32 bits per heavy atom. The maximum atomic E-state index is 14.5. The Labute approximate surface area is 148 Å². The van der Waals surface area contributed by atoms with E-state index < -0.39 is 18.0 Å². The van der Waals surface area contributed by atoms with Gasteiger partial charge in [-0.05, 0) is 30.4 Å². The molecular formula is C14H17FN6O3S. The van der Waals surface area contributed by atoms with Crippen molar-refractivity contribution >= 4 is 41.1 Å². The number of rotatable bonds is 3. The normalized spacial score (nSPS) is 20.0. The minimum absolute atomic E-state index is 0.178.